The minimum absolute atomic E-state index is 0.300. The molecule has 0 fully saturated rings. The molecule has 2 N–H and O–H groups in total. The van der Waals surface area contributed by atoms with Gasteiger partial charge < -0.3 is 5.73 Å². The third kappa shape index (κ3) is 12.3. The molecular formula is C8H19NO2S2. The summed E-state index contributed by atoms with van der Waals surface area (Å²) in [4.78, 5) is 0. The highest BCUT2D eigenvalue weighted by Gasteiger charge is 2.00. The average Bonchev–Trinajstić information content (AvgIpc) is 2.01. The van der Waals surface area contributed by atoms with Crippen molar-refractivity contribution >= 4 is 21.6 Å². The minimum atomic E-state index is -2.76. The summed E-state index contributed by atoms with van der Waals surface area (Å²) in [5.41, 5.74) is 5.34. The summed E-state index contributed by atoms with van der Waals surface area (Å²) in [7, 11) is -2.76. The van der Waals surface area contributed by atoms with Gasteiger partial charge in [-0.25, -0.2) is 8.42 Å². The van der Waals surface area contributed by atoms with Gasteiger partial charge in [-0.05, 0) is 25.1 Å². The zero-order valence-corrected chi connectivity index (χ0v) is 9.79. The van der Waals surface area contributed by atoms with Gasteiger partial charge in [0.1, 0.15) is 9.84 Å². The third-order valence-electron chi connectivity index (χ3n) is 1.59. The Morgan fingerprint density at radius 1 is 1.15 bits per heavy atom. The van der Waals surface area contributed by atoms with Gasteiger partial charge in [0.15, 0.2) is 0 Å². The molecule has 13 heavy (non-hydrogen) atoms. The summed E-state index contributed by atoms with van der Waals surface area (Å²) in [5.74, 6) is 2.07. The van der Waals surface area contributed by atoms with E-state index in [0.29, 0.717) is 5.75 Å². The Morgan fingerprint density at radius 2 is 1.85 bits per heavy atom. The molecule has 0 unspecified atom stereocenters. The fourth-order valence-electron chi connectivity index (χ4n) is 0.838. The zero-order valence-electron chi connectivity index (χ0n) is 8.16. The van der Waals surface area contributed by atoms with E-state index in [1.54, 1.807) is 11.8 Å². The molecule has 0 heterocycles. The highest BCUT2D eigenvalue weighted by atomic mass is 32.2. The lowest BCUT2D eigenvalue weighted by Crippen LogP contribution is -2.05. The van der Waals surface area contributed by atoms with Crippen LogP contribution in [0.4, 0.5) is 0 Å². The fraction of sp³-hybridized carbons (Fsp3) is 1.00. The molecule has 0 aromatic heterocycles. The van der Waals surface area contributed by atoms with Gasteiger partial charge in [0.2, 0.25) is 0 Å². The van der Waals surface area contributed by atoms with Crippen LogP contribution in [0.5, 0.6) is 0 Å². The molecule has 0 aliphatic carbocycles. The SMILES string of the molecule is CS(=O)(=O)CCSCCCCCN. The normalized spacial score (nSPS) is 11.8. The fourth-order valence-corrected chi connectivity index (χ4v) is 3.13. The maximum Gasteiger partial charge on any atom is 0.148 e. The maximum atomic E-state index is 10.7. The van der Waals surface area contributed by atoms with Crippen LogP contribution in [0.3, 0.4) is 0 Å². The number of sulfone groups is 1. The van der Waals surface area contributed by atoms with E-state index in [1.165, 1.54) is 6.26 Å². The van der Waals surface area contributed by atoms with E-state index in [-0.39, 0.29) is 0 Å². The molecule has 0 amide bonds. The van der Waals surface area contributed by atoms with Gasteiger partial charge in [-0.3, -0.25) is 0 Å². The minimum Gasteiger partial charge on any atom is -0.330 e. The third-order valence-corrected chi connectivity index (χ3v) is 3.87. The summed E-state index contributed by atoms with van der Waals surface area (Å²) in [5, 5.41) is 0. The van der Waals surface area contributed by atoms with Crippen molar-refractivity contribution in [2.45, 2.75) is 19.3 Å². The molecule has 0 saturated carbocycles. The summed E-state index contributed by atoms with van der Waals surface area (Å²) in [6.45, 7) is 0.758. The predicted octanol–water partition coefficient (Wildman–Crippen LogP) is 0.893. The number of hydrogen-bond donors (Lipinski definition) is 1. The van der Waals surface area contributed by atoms with Crippen molar-refractivity contribution in [1.82, 2.24) is 0 Å². The summed E-state index contributed by atoms with van der Waals surface area (Å²) >= 11 is 1.71. The van der Waals surface area contributed by atoms with Crippen molar-refractivity contribution in [3.63, 3.8) is 0 Å². The van der Waals surface area contributed by atoms with Gasteiger partial charge in [0.25, 0.3) is 0 Å². The smallest absolute Gasteiger partial charge is 0.148 e. The average molecular weight is 225 g/mol. The molecule has 0 aliphatic rings. The summed E-state index contributed by atoms with van der Waals surface area (Å²) in [6, 6.07) is 0. The van der Waals surface area contributed by atoms with Crippen LogP contribution in [0.15, 0.2) is 0 Å². The Bertz CT molecular complexity index is 202. The Morgan fingerprint density at radius 3 is 2.38 bits per heavy atom. The van der Waals surface area contributed by atoms with Crippen molar-refractivity contribution in [3.05, 3.63) is 0 Å². The molecule has 0 atom stereocenters. The molecule has 0 aliphatic heterocycles. The lowest BCUT2D eigenvalue weighted by molar-refractivity contribution is 0.603. The van der Waals surface area contributed by atoms with E-state index in [1.807, 2.05) is 0 Å². The molecule has 0 rings (SSSR count). The quantitative estimate of drug-likeness (QED) is 0.623. The van der Waals surface area contributed by atoms with Crippen LogP contribution in [-0.4, -0.2) is 38.5 Å². The molecule has 0 aromatic rings. The van der Waals surface area contributed by atoms with Gasteiger partial charge in [0.05, 0.1) is 5.75 Å². The number of unbranched alkanes of at least 4 members (excludes halogenated alkanes) is 2. The highest BCUT2D eigenvalue weighted by Crippen LogP contribution is 2.06. The second kappa shape index (κ2) is 7.64. The molecule has 0 bridgehead atoms. The van der Waals surface area contributed by atoms with E-state index in [2.05, 4.69) is 0 Å². The molecule has 0 spiro atoms. The molecule has 80 valence electrons. The molecule has 0 aromatic carbocycles. The van der Waals surface area contributed by atoms with E-state index in [9.17, 15) is 8.42 Å². The largest absolute Gasteiger partial charge is 0.330 e. The van der Waals surface area contributed by atoms with Crippen LogP contribution in [-0.2, 0) is 9.84 Å². The Balaban J connectivity index is 3.09. The molecule has 5 heteroatoms. The van der Waals surface area contributed by atoms with Crippen molar-refractivity contribution in [2.24, 2.45) is 5.73 Å². The Kier molecular flexibility index (Phi) is 7.80. The molecule has 0 saturated heterocycles. The van der Waals surface area contributed by atoms with Crippen LogP contribution < -0.4 is 5.73 Å². The first kappa shape index (κ1) is 13.3. The van der Waals surface area contributed by atoms with Crippen molar-refractivity contribution in [1.29, 1.82) is 0 Å². The Hall–Kier alpha value is 0.260. The highest BCUT2D eigenvalue weighted by molar-refractivity contribution is 8.00. The first-order valence-electron chi connectivity index (χ1n) is 4.52. The van der Waals surface area contributed by atoms with E-state index in [0.717, 1.165) is 37.3 Å². The van der Waals surface area contributed by atoms with Crippen molar-refractivity contribution < 1.29 is 8.42 Å². The topological polar surface area (TPSA) is 60.2 Å². The second-order valence-electron chi connectivity index (χ2n) is 3.09. The van der Waals surface area contributed by atoms with Crippen LogP contribution in [0.25, 0.3) is 0 Å². The van der Waals surface area contributed by atoms with Gasteiger partial charge in [-0.2, -0.15) is 11.8 Å². The zero-order chi connectivity index (χ0) is 10.2. The molecule has 3 nitrogen and oxygen atoms in total. The molecular weight excluding hydrogens is 206 g/mol. The molecule has 0 radical (unpaired) electrons. The van der Waals surface area contributed by atoms with E-state index >= 15 is 0 Å². The van der Waals surface area contributed by atoms with Crippen LogP contribution >= 0.6 is 11.8 Å². The number of hydrogen-bond acceptors (Lipinski definition) is 4. The maximum absolute atomic E-state index is 10.7. The first-order valence-corrected chi connectivity index (χ1v) is 7.73. The monoisotopic (exact) mass is 225 g/mol. The van der Waals surface area contributed by atoms with Crippen molar-refractivity contribution in [2.75, 3.05) is 30.1 Å². The summed E-state index contributed by atoms with van der Waals surface area (Å²) < 4.78 is 21.5. The lowest BCUT2D eigenvalue weighted by Gasteiger charge is -2.00. The van der Waals surface area contributed by atoms with Crippen LogP contribution in [0.1, 0.15) is 19.3 Å². The number of rotatable bonds is 8. The second-order valence-corrected chi connectivity index (χ2v) is 6.58. The lowest BCUT2D eigenvalue weighted by atomic mass is 10.2. The standard InChI is InChI=1S/C8H19NO2S2/c1-13(10,11)8-7-12-6-4-2-3-5-9/h2-9H2,1H3. The van der Waals surface area contributed by atoms with Crippen molar-refractivity contribution in [3.8, 4) is 0 Å². The van der Waals surface area contributed by atoms with Gasteiger partial charge >= 0.3 is 0 Å². The van der Waals surface area contributed by atoms with Gasteiger partial charge in [0, 0.05) is 12.0 Å². The van der Waals surface area contributed by atoms with Crippen LogP contribution in [0.2, 0.25) is 0 Å². The van der Waals surface area contributed by atoms with Gasteiger partial charge in [-0.1, -0.05) is 6.42 Å². The van der Waals surface area contributed by atoms with E-state index < -0.39 is 9.84 Å². The predicted molar refractivity (Wildman–Crippen MR) is 59.9 cm³/mol. The van der Waals surface area contributed by atoms with Gasteiger partial charge in [-0.15, -0.1) is 0 Å². The summed E-state index contributed by atoms with van der Waals surface area (Å²) in [6.07, 6.45) is 4.66. The number of thioether (sulfide) groups is 1. The number of nitrogens with two attached hydrogens (primary N) is 1. The van der Waals surface area contributed by atoms with E-state index in [4.69, 9.17) is 5.73 Å². The van der Waals surface area contributed by atoms with Crippen LogP contribution in [0, 0.1) is 0 Å². The first-order chi connectivity index (χ1) is 6.06. The Labute approximate surface area is 85.4 Å².